The highest BCUT2D eigenvalue weighted by Crippen LogP contribution is 2.44. The fourth-order valence-corrected chi connectivity index (χ4v) is 13.3. The molecule has 0 aliphatic heterocycles. The molecule has 7 N–H and O–H groups in total. The van der Waals surface area contributed by atoms with Gasteiger partial charge in [-0.25, -0.2) is 55.1 Å². The molecule has 1 aliphatic carbocycles. The second kappa shape index (κ2) is 54.7. The van der Waals surface area contributed by atoms with Gasteiger partial charge in [-0.15, -0.1) is 0 Å². The molecule has 6 amide bonds. The van der Waals surface area contributed by atoms with Gasteiger partial charge in [0.1, 0.15) is 45.4 Å². The zero-order valence-electron chi connectivity index (χ0n) is 79.6. The molecule has 12 aromatic rings. The van der Waals surface area contributed by atoms with E-state index in [0.29, 0.717) is 69.1 Å². The number of aryl methyl sites for hydroxylation is 9. The Morgan fingerprint density at radius 3 is 0.797 bits per heavy atom. The first-order valence-corrected chi connectivity index (χ1v) is 43.5. The zero-order chi connectivity index (χ0) is 100. The van der Waals surface area contributed by atoms with Crippen molar-refractivity contribution >= 4 is 70.7 Å². The molecule has 0 spiro atoms. The molecule has 0 unspecified atom stereocenters. The van der Waals surface area contributed by atoms with Crippen LogP contribution in [0.2, 0.25) is 0 Å². The van der Waals surface area contributed by atoms with Gasteiger partial charge in [-0.3, -0.25) is 31.9 Å². The van der Waals surface area contributed by atoms with Gasteiger partial charge in [-0.2, -0.15) is 0 Å². The molecule has 730 valence electrons. The van der Waals surface area contributed by atoms with Crippen molar-refractivity contribution in [2.24, 2.45) is 0 Å². The minimum absolute atomic E-state index is 0.00393. The number of methoxy groups -OCH3 is 6. The van der Waals surface area contributed by atoms with Crippen LogP contribution in [0.4, 0.5) is 89.2 Å². The van der Waals surface area contributed by atoms with E-state index < -0.39 is 65.6 Å². The fraction of sp³-hybridized carbons (Fsp3) is 0.264. The van der Waals surface area contributed by atoms with Gasteiger partial charge >= 0.3 is 36.6 Å². The zero-order valence-corrected chi connectivity index (χ0v) is 79.6. The standard InChI is InChI=1S/C19H20FNO3.C18H20FNO4.C18H20FNO3.C17H18FNO4.2C17H18FNO3/c1-12-6-9-18(16(20)10-12)24-11-15-14(13-7-8-13)4-3-5-17(15)21-19(22)23-2;1-4-23-16-7-5-6-15(20-18(21)22-3)13(16)11-24-17-9-8-12(2)10-14(17)19;1-4-13-6-5-7-16(20-18(21)22-3)14(13)11-23-17-9-8-12(2)10-15(17)19;1-11-6-7-16(14(18)8-11)23-10-13-12(9-20)4-3-5-15(13)19-17(21)22-2;2*1-11-7-8-16(14(18)9-11)22-10-13-12(2)5-4-6-15(13)19-17(20)21-3/h3-6,9-10,13H,7-8,11H2,1-2H3,(H,21,22);5-10H,4,11H2,1-3H3,(H,20,21);5-10H,4,11H2,1-3H3,(H,20,21);3-8,20H,9-10H2,1-2H3,(H,19,21);2*4-9H,10H2,1-3H3,(H,19,20). The van der Waals surface area contributed by atoms with Gasteiger partial charge in [-0.05, 0) is 264 Å². The summed E-state index contributed by atoms with van der Waals surface area (Å²) in [5, 5.41) is 25.2. The first-order valence-electron chi connectivity index (χ1n) is 43.5. The number of amides is 6. The predicted octanol–water partition coefficient (Wildman–Crippen LogP) is 25.3. The third-order valence-corrected chi connectivity index (χ3v) is 20.9. The SMILES string of the molecule is CCOc1cccc(NC(=O)OC)c1COc1ccc(C)cc1F.CCc1cccc(NC(=O)OC)c1COc1ccc(C)cc1F.COC(=O)Nc1cccc(C)c1COc1ccc(C)cc1F.COC(=O)Nc1cccc(C)c1COc1ccc(C)cc1F.COC(=O)Nc1cccc(C2CC2)c1COc1ccc(C)cc1F.COC(=O)Nc1cccc(CO)c1COc1ccc(C)cc1F. The number of rotatable bonds is 29. The second-order valence-electron chi connectivity index (χ2n) is 31.0. The van der Waals surface area contributed by atoms with Crippen LogP contribution < -0.4 is 65.1 Å². The lowest BCUT2D eigenvalue weighted by molar-refractivity contribution is 0.186. The number of aliphatic hydroxyl groups is 1. The third-order valence-electron chi connectivity index (χ3n) is 20.9. The topological polar surface area (TPSA) is 315 Å². The van der Waals surface area contributed by atoms with Crippen molar-refractivity contribution in [1.29, 1.82) is 0 Å². The molecule has 138 heavy (non-hydrogen) atoms. The largest absolute Gasteiger partial charge is 0.493 e. The number of nitrogens with one attached hydrogen (secondary N) is 6. The van der Waals surface area contributed by atoms with Crippen molar-refractivity contribution in [2.75, 3.05) is 81.2 Å². The van der Waals surface area contributed by atoms with Crippen molar-refractivity contribution in [2.45, 2.75) is 141 Å². The number of carbonyl (C=O) groups is 6. The lowest BCUT2D eigenvalue weighted by atomic mass is 10.0. The average molecular weight is 1910 g/mol. The van der Waals surface area contributed by atoms with Crippen LogP contribution in [0.25, 0.3) is 0 Å². The average Bonchev–Trinajstić information content (AvgIpc) is 1.67. The molecule has 12 aromatic carbocycles. The summed E-state index contributed by atoms with van der Waals surface area (Å²) in [5.41, 5.74) is 17.2. The van der Waals surface area contributed by atoms with Gasteiger partial charge in [0.15, 0.2) is 69.4 Å². The monoisotopic (exact) mass is 1900 g/mol. The van der Waals surface area contributed by atoms with Gasteiger partial charge in [0.25, 0.3) is 0 Å². The van der Waals surface area contributed by atoms with Crippen LogP contribution in [-0.2, 0) is 81.1 Å². The Bertz CT molecular complexity index is 5900. The van der Waals surface area contributed by atoms with Crippen LogP contribution in [0.15, 0.2) is 218 Å². The molecule has 32 heteroatoms. The maximum absolute atomic E-state index is 14.0. The number of aliphatic hydroxyl groups excluding tert-OH is 1. The Balaban J connectivity index is 0.000000203. The minimum Gasteiger partial charge on any atom is -0.493 e. The van der Waals surface area contributed by atoms with Crippen LogP contribution >= 0.6 is 0 Å². The first-order chi connectivity index (χ1) is 66.2. The molecular formula is C106H114F6N6O20. The van der Waals surface area contributed by atoms with E-state index in [1.54, 1.807) is 147 Å². The molecule has 0 heterocycles. The van der Waals surface area contributed by atoms with E-state index in [2.05, 4.69) is 60.3 Å². The summed E-state index contributed by atoms with van der Waals surface area (Å²) < 4.78 is 150. The summed E-state index contributed by atoms with van der Waals surface area (Å²) in [6.45, 7) is 19.4. The smallest absolute Gasteiger partial charge is 0.411 e. The maximum Gasteiger partial charge on any atom is 0.411 e. The molecule has 1 aliphatic rings. The molecule has 26 nitrogen and oxygen atoms in total. The van der Waals surface area contributed by atoms with Crippen molar-refractivity contribution in [3.05, 3.63) is 348 Å². The molecule has 13 rings (SSSR count). The van der Waals surface area contributed by atoms with E-state index in [1.165, 1.54) is 79.1 Å². The molecule has 0 atom stereocenters. The number of hydrogen-bond acceptors (Lipinski definition) is 20. The number of carbonyl (C=O) groups excluding carboxylic acids is 6. The lowest BCUT2D eigenvalue weighted by Gasteiger charge is -2.16. The predicted molar refractivity (Wildman–Crippen MR) is 516 cm³/mol. The van der Waals surface area contributed by atoms with Crippen molar-refractivity contribution in [3.63, 3.8) is 0 Å². The fourth-order valence-electron chi connectivity index (χ4n) is 13.3. The van der Waals surface area contributed by atoms with E-state index in [4.69, 9.17) is 33.2 Å². The van der Waals surface area contributed by atoms with Crippen molar-refractivity contribution in [3.8, 4) is 40.2 Å². The summed E-state index contributed by atoms with van der Waals surface area (Å²) in [4.78, 5) is 68.7. The minimum atomic E-state index is -0.636. The van der Waals surface area contributed by atoms with Crippen LogP contribution in [0.1, 0.15) is 127 Å². The third kappa shape index (κ3) is 33.5. The highest BCUT2D eigenvalue weighted by Gasteiger charge is 2.29. The van der Waals surface area contributed by atoms with Crippen molar-refractivity contribution in [1.82, 2.24) is 0 Å². The molecule has 0 bridgehead atoms. The van der Waals surface area contributed by atoms with E-state index in [9.17, 15) is 60.2 Å². The molecule has 0 aromatic heterocycles. The van der Waals surface area contributed by atoms with Gasteiger partial charge in [0.05, 0.1) is 95.6 Å². The molecule has 0 radical (unpaired) electrons. The van der Waals surface area contributed by atoms with Crippen LogP contribution in [0, 0.1) is 90.3 Å². The van der Waals surface area contributed by atoms with Gasteiger partial charge in [0.2, 0.25) is 0 Å². The quantitative estimate of drug-likeness (QED) is 0.0169. The normalized spacial score (nSPS) is 10.8. The Hall–Kier alpha value is -15.6. The molecule has 1 saturated carbocycles. The Kier molecular flexibility index (Phi) is 42.7. The van der Waals surface area contributed by atoms with E-state index in [1.807, 2.05) is 104 Å². The summed E-state index contributed by atoms with van der Waals surface area (Å²) in [6.07, 6.45) is -0.449. The van der Waals surface area contributed by atoms with Gasteiger partial charge in [-0.1, -0.05) is 110 Å². The molecule has 0 saturated heterocycles. The summed E-state index contributed by atoms with van der Waals surface area (Å²) in [7, 11) is 7.74. The highest BCUT2D eigenvalue weighted by atomic mass is 19.1. The number of benzene rings is 12. The number of hydrogen-bond donors (Lipinski definition) is 7. The molecule has 1 fully saturated rings. The van der Waals surface area contributed by atoms with E-state index in [-0.39, 0.29) is 86.6 Å². The second-order valence-corrected chi connectivity index (χ2v) is 31.0. The summed E-state index contributed by atoms with van der Waals surface area (Å²) in [6, 6.07) is 61.1. The molecular weight excluding hydrogens is 1790 g/mol. The van der Waals surface area contributed by atoms with E-state index >= 15 is 0 Å². The number of halogens is 6. The summed E-state index contributed by atoms with van der Waals surface area (Å²) in [5.74, 6) is -0.486. The Labute approximate surface area is 798 Å². The van der Waals surface area contributed by atoms with E-state index in [0.717, 1.165) is 97.2 Å². The van der Waals surface area contributed by atoms with Crippen LogP contribution in [-0.4, -0.2) is 90.9 Å². The van der Waals surface area contributed by atoms with Crippen molar-refractivity contribution < 1.29 is 122 Å². The Morgan fingerprint density at radius 1 is 0.283 bits per heavy atom. The van der Waals surface area contributed by atoms with Crippen LogP contribution in [0.3, 0.4) is 0 Å². The Morgan fingerprint density at radius 2 is 0.522 bits per heavy atom. The highest BCUT2D eigenvalue weighted by molar-refractivity contribution is 5.89. The van der Waals surface area contributed by atoms with Crippen LogP contribution in [0.5, 0.6) is 40.2 Å². The lowest BCUT2D eigenvalue weighted by Crippen LogP contribution is -2.14. The van der Waals surface area contributed by atoms with Gasteiger partial charge in [0, 0.05) is 27.8 Å². The summed E-state index contributed by atoms with van der Waals surface area (Å²) >= 11 is 0. The first kappa shape index (κ1) is 108. The number of anilines is 6. The maximum atomic E-state index is 14.0. The number of ether oxygens (including phenoxy) is 13. The van der Waals surface area contributed by atoms with Gasteiger partial charge < -0.3 is 66.7 Å².